The molecule has 0 N–H and O–H groups in total. The molecule has 2 heterocycles. The van der Waals surface area contributed by atoms with Gasteiger partial charge in [-0.05, 0) is 54.7 Å². The minimum Gasteiger partial charge on any atom is -0.497 e. The molecule has 8 heteroatoms. The highest BCUT2D eigenvalue weighted by Crippen LogP contribution is 2.35. The predicted octanol–water partition coefficient (Wildman–Crippen LogP) is 3.42. The molecule has 2 aliphatic rings. The van der Waals surface area contributed by atoms with Gasteiger partial charge in [-0.15, -0.1) is 0 Å². The van der Waals surface area contributed by atoms with Crippen molar-refractivity contribution in [2.45, 2.75) is 24.6 Å². The lowest BCUT2D eigenvalue weighted by Gasteiger charge is -2.22. The molecular weight excluding hydrogens is 424 g/mol. The number of nitrogens with zero attached hydrogens (tertiary/aromatic N) is 2. The van der Waals surface area contributed by atoms with E-state index in [0.717, 1.165) is 11.3 Å². The average Bonchev–Trinajstić information content (AvgIpc) is 2.88. The molecule has 0 aliphatic carbocycles. The van der Waals surface area contributed by atoms with E-state index in [2.05, 4.69) is 0 Å². The van der Waals surface area contributed by atoms with Crippen LogP contribution in [0, 0.1) is 5.92 Å². The van der Waals surface area contributed by atoms with Crippen molar-refractivity contribution in [1.82, 2.24) is 9.21 Å². The van der Waals surface area contributed by atoms with Gasteiger partial charge < -0.3 is 9.64 Å². The highest BCUT2D eigenvalue weighted by atomic mass is 35.5. The monoisotopic (exact) mass is 448 g/mol. The van der Waals surface area contributed by atoms with Crippen LogP contribution in [-0.4, -0.2) is 55.5 Å². The van der Waals surface area contributed by atoms with Gasteiger partial charge in [-0.3, -0.25) is 4.79 Å². The van der Waals surface area contributed by atoms with Gasteiger partial charge in [-0.1, -0.05) is 29.8 Å². The Balaban J connectivity index is 1.44. The number of ether oxygens (including phenoxy) is 1. The van der Waals surface area contributed by atoms with Crippen LogP contribution in [0.5, 0.6) is 5.75 Å². The third-order valence-corrected chi connectivity index (χ3v) is 8.66. The standard InChI is InChI=1S/C22H25ClN2O4S/c1-29-20-7-5-16(6-8-20)14-25-15-18-9-11-24(12-10-21(18)30(25,27)28)22(26)17-3-2-4-19(23)13-17/h2-8,13,18,21H,9-12,14-15H2,1H3/t18-,21-/m1/s1. The summed E-state index contributed by atoms with van der Waals surface area (Å²) >= 11 is 6.01. The van der Waals surface area contributed by atoms with E-state index in [0.29, 0.717) is 49.6 Å². The molecule has 0 radical (unpaired) electrons. The number of hydrogen-bond donors (Lipinski definition) is 0. The number of sulfonamides is 1. The number of halogens is 1. The summed E-state index contributed by atoms with van der Waals surface area (Å²) in [6, 6.07) is 14.4. The maximum Gasteiger partial charge on any atom is 0.253 e. The molecule has 4 rings (SSSR count). The zero-order valence-corrected chi connectivity index (χ0v) is 18.4. The Kier molecular flexibility index (Phi) is 6.04. The van der Waals surface area contributed by atoms with Gasteiger partial charge in [0, 0.05) is 36.8 Å². The maximum atomic E-state index is 13.2. The molecule has 1 amide bonds. The zero-order valence-electron chi connectivity index (χ0n) is 16.8. The Bertz CT molecular complexity index is 1030. The lowest BCUT2D eigenvalue weighted by molar-refractivity contribution is 0.0759. The highest BCUT2D eigenvalue weighted by molar-refractivity contribution is 7.90. The summed E-state index contributed by atoms with van der Waals surface area (Å²) in [6.07, 6.45) is 1.13. The molecule has 0 unspecified atom stereocenters. The number of carbonyl (C=O) groups is 1. The SMILES string of the molecule is COc1ccc(CN2C[C@H]3CCN(C(=O)c4cccc(Cl)c4)CC[C@H]3S2(=O)=O)cc1. The van der Waals surface area contributed by atoms with E-state index < -0.39 is 15.3 Å². The van der Waals surface area contributed by atoms with Crippen molar-refractivity contribution in [3.05, 3.63) is 64.7 Å². The number of carbonyl (C=O) groups excluding carboxylic acids is 1. The first-order valence-corrected chi connectivity index (χ1v) is 11.9. The van der Waals surface area contributed by atoms with E-state index in [-0.39, 0.29) is 11.8 Å². The first-order valence-electron chi connectivity index (χ1n) is 10.0. The predicted molar refractivity (Wildman–Crippen MR) is 116 cm³/mol. The Morgan fingerprint density at radius 3 is 2.57 bits per heavy atom. The third kappa shape index (κ3) is 4.19. The summed E-state index contributed by atoms with van der Waals surface area (Å²) in [5, 5.41) is 0.0807. The summed E-state index contributed by atoms with van der Waals surface area (Å²) in [7, 11) is -1.80. The Morgan fingerprint density at radius 1 is 1.13 bits per heavy atom. The smallest absolute Gasteiger partial charge is 0.253 e. The number of fused-ring (bicyclic) bond motifs is 1. The van der Waals surface area contributed by atoms with Crippen LogP contribution in [0.15, 0.2) is 48.5 Å². The minimum absolute atomic E-state index is 0.0328. The van der Waals surface area contributed by atoms with Gasteiger partial charge >= 0.3 is 0 Å². The zero-order chi connectivity index (χ0) is 21.3. The van der Waals surface area contributed by atoms with Crippen molar-refractivity contribution in [3.63, 3.8) is 0 Å². The van der Waals surface area contributed by atoms with Gasteiger partial charge in [0.2, 0.25) is 10.0 Å². The molecule has 2 aromatic rings. The van der Waals surface area contributed by atoms with Crippen molar-refractivity contribution in [3.8, 4) is 5.75 Å². The quantitative estimate of drug-likeness (QED) is 0.718. The van der Waals surface area contributed by atoms with Crippen molar-refractivity contribution >= 4 is 27.5 Å². The van der Waals surface area contributed by atoms with Crippen LogP contribution in [-0.2, 0) is 16.6 Å². The highest BCUT2D eigenvalue weighted by Gasteiger charge is 2.47. The van der Waals surface area contributed by atoms with Gasteiger partial charge in [-0.2, -0.15) is 4.31 Å². The molecule has 0 aromatic heterocycles. The van der Waals surface area contributed by atoms with Crippen molar-refractivity contribution < 1.29 is 17.9 Å². The molecule has 2 aliphatic heterocycles. The fourth-order valence-electron chi connectivity index (χ4n) is 4.39. The van der Waals surface area contributed by atoms with E-state index in [4.69, 9.17) is 16.3 Å². The molecule has 2 saturated heterocycles. The molecule has 160 valence electrons. The van der Waals surface area contributed by atoms with Crippen LogP contribution < -0.4 is 4.74 Å². The third-order valence-electron chi connectivity index (χ3n) is 6.04. The van der Waals surface area contributed by atoms with Gasteiger partial charge in [0.1, 0.15) is 5.75 Å². The molecular formula is C22H25ClN2O4S. The minimum atomic E-state index is -3.40. The second kappa shape index (κ2) is 8.57. The number of rotatable bonds is 4. The van der Waals surface area contributed by atoms with E-state index >= 15 is 0 Å². The molecule has 2 aromatic carbocycles. The Morgan fingerprint density at radius 2 is 1.87 bits per heavy atom. The first-order chi connectivity index (χ1) is 14.4. The second-order valence-corrected chi connectivity index (χ2v) is 10.5. The molecule has 2 fully saturated rings. The normalized spacial score (nSPS) is 23.6. The van der Waals surface area contributed by atoms with E-state index in [9.17, 15) is 13.2 Å². The van der Waals surface area contributed by atoms with E-state index in [1.165, 1.54) is 0 Å². The van der Waals surface area contributed by atoms with Crippen LogP contribution in [0.25, 0.3) is 0 Å². The Labute approximate surface area is 182 Å². The summed E-state index contributed by atoms with van der Waals surface area (Å²) in [6.45, 7) is 1.85. The maximum absolute atomic E-state index is 13.2. The van der Waals surface area contributed by atoms with E-state index in [1.807, 2.05) is 24.3 Å². The largest absolute Gasteiger partial charge is 0.497 e. The number of amides is 1. The molecule has 0 bridgehead atoms. The lowest BCUT2D eigenvalue weighted by Crippen LogP contribution is -2.34. The number of likely N-dealkylation sites (tertiary alicyclic amines) is 1. The first kappa shape index (κ1) is 21.2. The van der Waals surface area contributed by atoms with Gasteiger partial charge in [-0.25, -0.2) is 8.42 Å². The Hall–Kier alpha value is -2.09. The molecule has 0 spiro atoms. The van der Waals surface area contributed by atoms with Gasteiger partial charge in [0.15, 0.2) is 0 Å². The van der Waals surface area contributed by atoms with Gasteiger partial charge in [0.05, 0.1) is 12.4 Å². The number of hydrogen-bond acceptors (Lipinski definition) is 4. The molecule has 2 atom stereocenters. The topological polar surface area (TPSA) is 66.9 Å². The van der Waals surface area contributed by atoms with Crippen molar-refractivity contribution in [1.29, 1.82) is 0 Å². The lowest BCUT2D eigenvalue weighted by atomic mass is 10.0. The fourth-order valence-corrected chi connectivity index (χ4v) is 6.81. The van der Waals surface area contributed by atoms with Crippen LogP contribution in [0.2, 0.25) is 5.02 Å². The van der Waals surface area contributed by atoms with Gasteiger partial charge in [0.25, 0.3) is 5.91 Å². The summed E-state index contributed by atoms with van der Waals surface area (Å²) in [4.78, 5) is 14.6. The summed E-state index contributed by atoms with van der Waals surface area (Å²) in [5.41, 5.74) is 1.48. The van der Waals surface area contributed by atoms with Crippen LogP contribution >= 0.6 is 11.6 Å². The molecule has 30 heavy (non-hydrogen) atoms. The van der Waals surface area contributed by atoms with Crippen LogP contribution in [0.3, 0.4) is 0 Å². The second-order valence-electron chi connectivity index (χ2n) is 7.86. The average molecular weight is 449 g/mol. The molecule has 6 nitrogen and oxygen atoms in total. The number of benzene rings is 2. The fraction of sp³-hybridized carbons (Fsp3) is 0.409. The number of methoxy groups -OCH3 is 1. The van der Waals surface area contributed by atoms with E-state index in [1.54, 1.807) is 40.6 Å². The summed E-state index contributed by atoms with van der Waals surface area (Å²) in [5.74, 6) is 0.688. The van der Waals surface area contributed by atoms with Crippen LogP contribution in [0.1, 0.15) is 28.8 Å². The van der Waals surface area contributed by atoms with Crippen molar-refractivity contribution in [2.75, 3.05) is 26.7 Å². The summed E-state index contributed by atoms with van der Waals surface area (Å²) < 4.78 is 33.1. The van der Waals surface area contributed by atoms with Crippen LogP contribution in [0.4, 0.5) is 0 Å². The molecule has 0 saturated carbocycles. The van der Waals surface area contributed by atoms with Crippen molar-refractivity contribution in [2.24, 2.45) is 5.92 Å².